The van der Waals surface area contributed by atoms with Gasteiger partial charge in [0, 0.05) is 5.02 Å². The van der Waals surface area contributed by atoms with Crippen LogP contribution in [0.15, 0.2) is 18.2 Å². The van der Waals surface area contributed by atoms with E-state index in [4.69, 9.17) is 11.6 Å². The van der Waals surface area contributed by atoms with Crippen molar-refractivity contribution in [3.63, 3.8) is 0 Å². The molecule has 0 radical (unpaired) electrons. The predicted molar refractivity (Wildman–Crippen MR) is 57.8 cm³/mol. The molecule has 1 aliphatic rings. The highest BCUT2D eigenvalue weighted by Crippen LogP contribution is 2.29. The first-order chi connectivity index (χ1) is 6.70. The van der Waals surface area contributed by atoms with Crippen LogP contribution < -0.4 is 10.6 Å². The molecule has 1 amide bonds. The van der Waals surface area contributed by atoms with Gasteiger partial charge in [0.1, 0.15) is 6.04 Å². The van der Waals surface area contributed by atoms with Crippen LogP contribution in [0, 0.1) is 0 Å². The van der Waals surface area contributed by atoms with Gasteiger partial charge in [-0.15, -0.1) is 0 Å². The van der Waals surface area contributed by atoms with Gasteiger partial charge < -0.3 is 10.6 Å². The summed E-state index contributed by atoms with van der Waals surface area (Å²) in [5.41, 5.74) is 1.69. The molecule has 0 saturated heterocycles. The molecule has 1 unspecified atom stereocenters. The minimum Gasteiger partial charge on any atom is -0.372 e. The van der Waals surface area contributed by atoms with Gasteiger partial charge >= 0.3 is 0 Å². The van der Waals surface area contributed by atoms with Gasteiger partial charge in [-0.3, -0.25) is 4.79 Å². The lowest BCUT2D eigenvalue weighted by molar-refractivity contribution is -0.117. The topological polar surface area (TPSA) is 41.1 Å². The van der Waals surface area contributed by atoms with Crippen molar-refractivity contribution in [3.05, 3.63) is 23.2 Å². The van der Waals surface area contributed by atoms with Crippen molar-refractivity contribution in [2.24, 2.45) is 0 Å². The summed E-state index contributed by atoms with van der Waals surface area (Å²) < 4.78 is 0. The Morgan fingerprint density at radius 2 is 2.21 bits per heavy atom. The molecule has 2 rings (SSSR count). The van der Waals surface area contributed by atoms with Gasteiger partial charge in [0.25, 0.3) is 0 Å². The van der Waals surface area contributed by atoms with E-state index in [1.807, 2.05) is 13.0 Å². The molecule has 0 aliphatic carbocycles. The van der Waals surface area contributed by atoms with E-state index < -0.39 is 0 Å². The third kappa shape index (κ3) is 1.55. The monoisotopic (exact) mass is 210 g/mol. The molecule has 0 saturated carbocycles. The first-order valence-corrected chi connectivity index (χ1v) is 4.95. The zero-order chi connectivity index (χ0) is 10.1. The van der Waals surface area contributed by atoms with E-state index in [9.17, 15) is 4.79 Å². The standard InChI is InChI=1S/C10H11ClN2O/c1-2-7-10(14)13-9-5-6(11)3-4-8(9)12-7/h3-5,7,12H,2H2,1H3,(H,13,14). The summed E-state index contributed by atoms with van der Waals surface area (Å²) in [4.78, 5) is 11.5. The van der Waals surface area contributed by atoms with Crippen molar-refractivity contribution >= 4 is 28.9 Å². The summed E-state index contributed by atoms with van der Waals surface area (Å²) in [6.07, 6.45) is 0.772. The molecule has 1 aromatic rings. The maximum atomic E-state index is 11.5. The highest BCUT2D eigenvalue weighted by Gasteiger charge is 2.23. The summed E-state index contributed by atoms with van der Waals surface area (Å²) in [7, 11) is 0. The molecule has 1 heterocycles. The SMILES string of the molecule is CCC1Nc2ccc(Cl)cc2NC1=O. The zero-order valence-electron chi connectivity index (χ0n) is 7.80. The highest BCUT2D eigenvalue weighted by atomic mass is 35.5. The Bertz CT molecular complexity index is 378. The van der Waals surface area contributed by atoms with E-state index in [-0.39, 0.29) is 11.9 Å². The van der Waals surface area contributed by atoms with Crippen LogP contribution in [-0.2, 0) is 4.79 Å². The molecular formula is C10H11ClN2O. The third-order valence-electron chi connectivity index (χ3n) is 2.29. The number of rotatable bonds is 1. The number of fused-ring (bicyclic) bond motifs is 1. The van der Waals surface area contributed by atoms with Gasteiger partial charge in [0.2, 0.25) is 5.91 Å². The smallest absolute Gasteiger partial charge is 0.246 e. The summed E-state index contributed by atoms with van der Waals surface area (Å²) in [5.74, 6) is 0.00210. The number of amides is 1. The van der Waals surface area contributed by atoms with Gasteiger partial charge in [0.15, 0.2) is 0 Å². The number of carbonyl (C=O) groups is 1. The fourth-order valence-corrected chi connectivity index (χ4v) is 1.68. The maximum absolute atomic E-state index is 11.5. The van der Waals surface area contributed by atoms with Gasteiger partial charge in [-0.05, 0) is 24.6 Å². The van der Waals surface area contributed by atoms with Crippen LogP contribution in [0.2, 0.25) is 5.02 Å². The highest BCUT2D eigenvalue weighted by molar-refractivity contribution is 6.31. The zero-order valence-corrected chi connectivity index (χ0v) is 8.56. The Labute approximate surface area is 87.4 Å². The van der Waals surface area contributed by atoms with Gasteiger partial charge in [-0.25, -0.2) is 0 Å². The van der Waals surface area contributed by atoms with Crippen LogP contribution in [0.1, 0.15) is 13.3 Å². The molecule has 74 valence electrons. The number of nitrogens with one attached hydrogen (secondary N) is 2. The molecule has 0 fully saturated rings. The van der Waals surface area contributed by atoms with Crippen LogP contribution in [0.4, 0.5) is 11.4 Å². The molecule has 1 atom stereocenters. The predicted octanol–water partition coefficient (Wildman–Crippen LogP) is 2.48. The molecule has 0 bridgehead atoms. The van der Waals surface area contributed by atoms with Crippen molar-refractivity contribution in [2.45, 2.75) is 19.4 Å². The van der Waals surface area contributed by atoms with E-state index in [1.54, 1.807) is 12.1 Å². The first kappa shape index (κ1) is 9.34. The van der Waals surface area contributed by atoms with E-state index in [0.717, 1.165) is 17.8 Å². The minimum atomic E-state index is -0.135. The number of carbonyl (C=O) groups excluding carboxylic acids is 1. The Balaban J connectivity index is 2.35. The Hall–Kier alpha value is -1.22. The van der Waals surface area contributed by atoms with Crippen LogP contribution >= 0.6 is 11.6 Å². The molecule has 0 aromatic heterocycles. The summed E-state index contributed by atoms with van der Waals surface area (Å²) in [5, 5.41) is 6.59. The fraction of sp³-hybridized carbons (Fsp3) is 0.300. The van der Waals surface area contributed by atoms with E-state index in [2.05, 4.69) is 10.6 Å². The second kappa shape index (κ2) is 3.50. The Kier molecular flexibility index (Phi) is 2.33. The van der Waals surface area contributed by atoms with Crippen LogP contribution in [0.25, 0.3) is 0 Å². The molecule has 2 N–H and O–H groups in total. The fourth-order valence-electron chi connectivity index (χ4n) is 1.51. The second-order valence-electron chi connectivity index (χ2n) is 3.28. The van der Waals surface area contributed by atoms with E-state index in [0.29, 0.717) is 5.02 Å². The molecule has 1 aliphatic heterocycles. The first-order valence-electron chi connectivity index (χ1n) is 4.57. The average Bonchev–Trinajstić information content (AvgIpc) is 2.16. The van der Waals surface area contributed by atoms with Crippen molar-refractivity contribution in [3.8, 4) is 0 Å². The lowest BCUT2D eigenvalue weighted by Crippen LogP contribution is -2.38. The van der Waals surface area contributed by atoms with Gasteiger partial charge in [-0.1, -0.05) is 18.5 Å². The number of benzene rings is 1. The lowest BCUT2D eigenvalue weighted by Gasteiger charge is -2.25. The molecule has 4 heteroatoms. The Morgan fingerprint density at radius 1 is 1.43 bits per heavy atom. The van der Waals surface area contributed by atoms with Crippen LogP contribution in [0.5, 0.6) is 0 Å². The van der Waals surface area contributed by atoms with Crippen LogP contribution in [-0.4, -0.2) is 11.9 Å². The molecule has 1 aromatic carbocycles. The normalized spacial score (nSPS) is 19.6. The molecule has 14 heavy (non-hydrogen) atoms. The number of hydrogen-bond acceptors (Lipinski definition) is 2. The maximum Gasteiger partial charge on any atom is 0.246 e. The van der Waals surface area contributed by atoms with Crippen molar-refractivity contribution in [1.82, 2.24) is 0 Å². The summed E-state index contributed by atoms with van der Waals surface area (Å²) >= 11 is 5.82. The average molecular weight is 211 g/mol. The van der Waals surface area contributed by atoms with Crippen LogP contribution in [0.3, 0.4) is 0 Å². The van der Waals surface area contributed by atoms with Gasteiger partial charge in [-0.2, -0.15) is 0 Å². The van der Waals surface area contributed by atoms with Crippen molar-refractivity contribution < 1.29 is 4.79 Å². The Morgan fingerprint density at radius 3 is 2.93 bits per heavy atom. The third-order valence-corrected chi connectivity index (χ3v) is 2.53. The van der Waals surface area contributed by atoms with Gasteiger partial charge in [0.05, 0.1) is 11.4 Å². The number of halogens is 1. The largest absolute Gasteiger partial charge is 0.372 e. The summed E-state index contributed by atoms with van der Waals surface area (Å²) in [6, 6.07) is 5.29. The van der Waals surface area contributed by atoms with Crippen molar-refractivity contribution in [2.75, 3.05) is 10.6 Å². The quantitative estimate of drug-likeness (QED) is 0.748. The number of anilines is 2. The molecule has 0 spiro atoms. The summed E-state index contributed by atoms with van der Waals surface area (Å²) in [6.45, 7) is 1.97. The van der Waals surface area contributed by atoms with E-state index >= 15 is 0 Å². The molecule has 3 nitrogen and oxygen atoms in total. The van der Waals surface area contributed by atoms with E-state index in [1.165, 1.54) is 0 Å². The number of hydrogen-bond donors (Lipinski definition) is 2. The lowest BCUT2D eigenvalue weighted by atomic mass is 10.1. The second-order valence-corrected chi connectivity index (χ2v) is 3.72. The minimum absolute atomic E-state index is 0.00210. The van der Waals surface area contributed by atoms with Crippen molar-refractivity contribution in [1.29, 1.82) is 0 Å². The molecular weight excluding hydrogens is 200 g/mol.